The van der Waals surface area contributed by atoms with Gasteiger partial charge in [0.25, 0.3) is 5.91 Å². The summed E-state index contributed by atoms with van der Waals surface area (Å²) in [5, 5.41) is 8.33. The summed E-state index contributed by atoms with van der Waals surface area (Å²) in [4.78, 5) is 10.4. The molecule has 0 spiro atoms. The molecule has 3 nitrogen and oxygen atoms in total. The van der Waals surface area contributed by atoms with Gasteiger partial charge in [0.05, 0.1) is 4.24 Å². The molecular weight excluding hydrogens is 168 g/mol. The molecule has 0 fully saturated rings. The fourth-order valence-corrected chi connectivity index (χ4v) is 0.821. The van der Waals surface area contributed by atoms with Gasteiger partial charge >= 0.3 is 0 Å². The molecule has 0 unspecified atom stereocenters. The molecule has 0 aromatic rings. The molecule has 0 aromatic carbocycles. The number of nitrogens with two attached hydrogens (primary N) is 1. The van der Waals surface area contributed by atoms with Gasteiger partial charge < -0.3 is 5.73 Å². The van der Waals surface area contributed by atoms with Crippen LogP contribution in [0.5, 0.6) is 0 Å². The molecule has 0 saturated heterocycles. The Labute approximate surface area is 68.7 Å². The van der Waals surface area contributed by atoms with E-state index in [1.807, 2.05) is 0 Å². The van der Waals surface area contributed by atoms with E-state index in [-0.39, 0.29) is 5.57 Å². The first-order valence-corrected chi connectivity index (χ1v) is 3.97. The Bertz CT molecular complexity index is 216. The molecule has 1 amide bonds. The number of amides is 1. The van der Waals surface area contributed by atoms with Crippen LogP contribution in [-0.4, -0.2) is 12.2 Å². The average molecular weight is 174 g/mol. The zero-order valence-electron chi connectivity index (χ0n) is 5.29. The molecule has 0 heterocycles. The first kappa shape index (κ1) is 9.40. The third-order valence-corrected chi connectivity index (χ3v) is 2.13. The lowest BCUT2D eigenvalue weighted by molar-refractivity contribution is -0.114. The van der Waals surface area contributed by atoms with Crippen LogP contribution < -0.4 is 5.73 Å². The molecule has 0 aliphatic heterocycles. The lowest BCUT2D eigenvalue weighted by Crippen LogP contribution is -2.13. The second-order valence-corrected chi connectivity index (χ2v) is 2.93. The van der Waals surface area contributed by atoms with Crippen LogP contribution in [0.15, 0.2) is 9.81 Å². The molecule has 10 heavy (non-hydrogen) atoms. The first-order valence-electron chi connectivity index (χ1n) is 2.30. The smallest absolute Gasteiger partial charge is 0.261 e. The summed E-state index contributed by atoms with van der Waals surface area (Å²) in [6.45, 7) is 0. The van der Waals surface area contributed by atoms with Gasteiger partial charge in [-0.05, 0) is 6.26 Å². The summed E-state index contributed by atoms with van der Waals surface area (Å²) in [5.74, 6) is -0.734. The number of thiol groups is 1. The van der Waals surface area contributed by atoms with Gasteiger partial charge in [-0.1, -0.05) is 0 Å². The summed E-state index contributed by atoms with van der Waals surface area (Å²) in [7, 11) is 0. The van der Waals surface area contributed by atoms with Gasteiger partial charge in [-0.25, -0.2) is 0 Å². The predicted molar refractivity (Wildman–Crippen MR) is 44.3 cm³/mol. The second kappa shape index (κ2) is 4.25. The predicted octanol–water partition coefficient (Wildman–Crippen LogP) is 0.500. The Kier molecular flexibility index (Phi) is 4.00. The number of hydrogen-bond donors (Lipinski definition) is 2. The van der Waals surface area contributed by atoms with Gasteiger partial charge in [-0.3, -0.25) is 4.79 Å². The van der Waals surface area contributed by atoms with Crippen molar-refractivity contribution in [2.75, 3.05) is 6.26 Å². The summed E-state index contributed by atoms with van der Waals surface area (Å²) >= 11 is 5.07. The van der Waals surface area contributed by atoms with Crippen molar-refractivity contribution in [3.05, 3.63) is 9.81 Å². The van der Waals surface area contributed by atoms with Crippen molar-refractivity contribution >= 4 is 30.3 Å². The zero-order chi connectivity index (χ0) is 8.15. The van der Waals surface area contributed by atoms with Gasteiger partial charge in [-0.15, -0.1) is 24.4 Å². The number of carbonyl (C=O) groups is 1. The van der Waals surface area contributed by atoms with Crippen LogP contribution in [0.1, 0.15) is 0 Å². The van der Waals surface area contributed by atoms with Crippen molar-refractivity contribution in [3.8, 4) is 6.07 Å². The minimum atomic E-state index is -0.734. The van der Waals surface area contributed by atoms with Crippen molar-refractivity contribution in [1.82, 2.24) is 0 Å². The molecule has 0 saturated carbocycles. The third kappa shape index (κ3) is 2.33. The Hall–Kier alpha value is -0.600. The number of rotatable bonds is 2. The van der Waals surface area contributed by atoms with Crippen LogP contribution in [0.4, 0.5) is 0 Å². The molecule has 0 aromatic heterocycles. The van der Waals surface area contributed by atoms with Crippen LogP contribution >= 0.6 is 24.4 Å². The maximum Gasteiger partial charge on any atom is 0.261 e. The lowest BCUT2D eigenvalue weighted by Gasteiger charge is -1.94. The zero-order valence-corrected chi connectivity index (χ0v) is 7.00. The van der Waals surface area contributed by atoms with Crippen molar-refractivity contribution in [1.29, 1.82) is 5.26 Å². The van der Waals surface area contributed by atoms with Crippen LogP contribution in [0, 0.1) is 11.3 Å². The minimum Gasteiger partial charge on any atom is -0.365 e. The molecule has 0 bridgehead atoms. The lowest BCUT2D eigenvalue weighted by atomic mass is 10.3. The molecule has 0 aliphatic rings. The van der Waals surface area contributed by atoms with Crippen molar-refractivity contribution in [2.24, 2.45) is 5.73 Å². The highest BCUT2D eigenvalue weighted by Gasteiger charge is 2.07. The van der Waals surface area contributed by atoms with E-state index in [0.29, 0.717) is 4.24 Å². The molecule has 54 valence electrons. The first-order chi connectivity index (χ1) is 4.63. The SMILES string of the molecule is CS/C(S)=C(\C#N)C(N)=O. The van der Waals surface area contributed by atoms with E-state index in [1.165, 1.54) is 11.8 Å². The van der Waals surface area contributed by atoms with Crippen molar-refractivity contribution in [3.63, 3.8) is 0 Å². The molecule has 0 rings (SSSR count). The van der Waals surface area contributed by atoms with Crippen molar-refractivity contribution in [2.45, 2.75) is 0 Å². The van der Waals surface area contributed by atoms with Crippen LogP contribution in [-0.2, 0) is 4.79 Å². The maximum atomic E-state index is 10.4. The fourth-order valence-electron chi connectivity index (χ4n) is 0.310. The van der Waals surface area contributed by atoms with Gasteiger partial charge in [0.2, 0.25) is 0 Å². The molecule has 0 radical (unpaired) electrons. The van der Waals surface area contributed by atoms with E-state index in [0.717, 1.165) is 0 Å². The van der Waals surface area contributed by atoms with Crippen molar-refractivity contribution < 1.29 is 4.79 Å². The topological polar surface area (TPSA) is 66.9 Å². The number of primary amides is 1. The molecule has 0 aliphatic carbocycles. The van der Waals surface area contributed by atoms with E-state index in [4.69, 9.17) is 11.0 Å². The standard InChI is InChI=1S/C5H6N2OS2/c1-10-5(9)3(2-6)4(7)8/h9H,1H3,(H2,7,8)/b5-3+. The summed E-state index contributed by atoms with van der Waals surface area (Å²) in [6, 6.07) is 1.66. The number of hydrogen-bond acceptors (Lipinski definition) is 4. The minimum absolute atomic E-state index is 0.0872. The van der Waals surface area contributed by atoms with E-state index in [2.05, 4.69) is 12.6 Å². The largest absolute Gasteiger partial charge is 0.365 e. The molecular formula is C5H6N2OS2. The Morgan fingerprint density at radius 3 is 2.40 bits per heavy atom. The Balaban J connectivity index is 4.68. The monoisotopic (exact) mass is 174 g/mol. The molecule has 0 atom stereocenters. The van der Waals surface area contributed by atoms with Gasteiger partial charge in [0.15, 0.2) is 0 Å². The molecule has 2 N–H and O–H groups in total. The quantitative estimate of drug-likeness (QED) is 0.364. The summed E-state index contributed by atoms with van der Waals surface area (Å²) in [5.41, 5.74) is 4.75. The number of thioether (sulfide) groups is 1. The number of carbonyl (C=O) groups excluding carboxylic acids is 1. The third-order valence-electron chi connectivity index (χ3n) is 0.765. The van der Waals surface area contributed by atoms with Gasteiger partial charge in [0, 0.05) is 0 Å². The fraction of sp³-hybridized carbons (Fsp3) is 0.200. The maximum absolute atomic E-state index is 10.4. The van der Waals surface area contributed by atoms with E-state index >= 15 is 0 Å². The Morgan fingerprint density at radius 2 is 2.30 bits per heavy atom. The van der Waals surface area contributed by atoms with E-state index < -0.39 is 5.91 Å². The highest BCUT2D eigenvalue weighted by atomic mass is 32.2. The van der Waals surface area contributed by atoms with Gasteiger partial charge in [0.1, 0.15) is 11.6 Å². The average Bonchev–Trinajstić information content (AvgIpc) is 1.88. The number of nitriles is 1. The second-order valence-electron chi connectivity index (χ2n) is 1.36. The van der Waals surface area contributed by atoms with Gasteiger partial charge in [-0.2, -0.15) is 5.26 Å². The normalized spacial score (nSPS) is 11.7. The van der Waals surface area contributed by atoms with E-state index in [1.54, 1.807) is 12.3 Å². The summed E-state index contributed by atoms with van der Waals surface area (Å²) in [6.07, 6.45) is 1.71. The summed E-state index contributed by atoms with van der Waals surface area (Å²) < 4.78 is 0.356. The van der Waals surface area contributed by atoms with Crippen LogP contribution in [0.2, 0.25) is 0 Å². The van der Waals surface area contributed by atoms with E-state index in [9.17, 15) is 4.79 Å². The molecule has 5 heteroatoms. The Morgan fingerprint density at radius 1 is 1.80 bits per heavy atom. The highest BCUT2D eigenvalue weighted by molar-refractivity contribution is 8.15. The number of nitrogens with zero attached hydrogens (tertiary/aromatic N) is 1. The van der Waals surface area contributed by atoms with Crippen LogP contribution in [0.3, 0.4) is 0 Å². The van der Waals surface area contributed by atoms with Crippen LogP contribution in [0.25, 0.3) is 0 Å². The highest BCUT2D eigenvalue weighted by Crippen LogP contribution is 2.19.